The summed E-state index contributed by atoms with van der Waals surface area (Å²) >= 11 is 3.47. The molecule has 0 bridgehead atoms. The van der Waals surface area contributed by atoms with Gasteiger partial charge in [0.1, 0.15) is 5.75 Å². The second-order valence-electron chi connectivity index (χ2n) is 5.19. The standard InChI is InChI=1S/C15H23BrN2O/c1-18-10-4-3-5-13(18)8-9-17-12-6-7-14(16)15(11-12)19-2/h6-7,11,13,17H,3-5,8-10H2,1-2H3. The molecule has 1 saturated heterocycles. The maximum atomic E-state index is 5.30. The van der Waals surface area contributed by atoms with Crippen molar-refractivity contribution in [2.24, 2.45) is 0 Å². The fraction of sp³-hybridized carbons (Fsp3) is 0.600. The number of halogens is 1. The molecule has 1 aromatic carbocycles. The summed E-state index contributed by atoms with van der Waals surface area (Å²) in [5.41, 5.74) is 1.12. The highest BCUT2D eigenvalue weighted by Gasteiger charge is 2.17. The topological polar surface area (TPSA) is 24.5 Å². The van der Waals surface area contributed by atoms with Gasteiger partial charge in [0.25, 0.3) is 0 Å². The number of likely N-dealkylation sites (tertiary alicyclic amines) is 1. The van der Waals surface area contributed by atoms with Crippen molar-refractivity contribution in [1.82, 2.24) is 4.90 Å². The van der Waals surface area contributed by atoms with Crippen molar-refractivity contribution in [2.45, 2.75) is 31.7 Å². The third-order valence-corrected chi connectivity index (χ3v) is 4.53. The van der Waals surface area contributed by atoms with Crippen LogP contribution in [0.1, 0.15) is 25.7 Å². The van der Waals surface area contributed by atoms with Crippen molar-refractivity contribution in [3.8, 4) is 5.75 Å². The highest BCUT2D eigenvalue weighted by molar-refractivity contribution is 9.10. The Morgan fingerprint density at radius 2 is 2.26 bits per heavy atom. The van der Waals surface area contributed by atoms with Crippen molar-refractivity contribution in [1.29, 1.82) is 0 Å². The van der Waals surface area contributed by atoms with Crippen molar-refractivity contribution in [2.75, 3.05) is 32.6 Å². The zero-order valence-electron chi connectivity index (χ0n) is 11.8. The van der Waals surface area contributed by atoms with Crippen LogP contribution in [0.15, 0.2) is 22.7 Å². The van der Waals surface area contributed by atoms with Gasteiger partial charge in [-0.25, -0.2) is 0 Å². The molecule has 4 heteroatoms. The molecule has 0 amide bonds. The Morgan fingerprint density at radius 3 is 3.00 bits per heavy atom. The number of hydrogen-bond acceptors (Lipinski definition) is 3. The molecule has 1 fully saturated rings. The first kappa shape index (κ1) is 14.7. The number of anilines is 1. The van der Waals surface area contributed by atoms with E-state index in [4.69, 9.17) is 4.74 Å². The number of hydrogen-bond donors (Lipinski definition) is 1. The molecule has 0 aromatic heterocycles. The predicted octanol–water partition coefficient (Wildman–Crippen LogP) is 3.74. The van der Waals surface area contributed by atoms with Crippen LogP contribution in [0.4, 0.5) is 5.69 Å². The van der Waals surface area contributed by atoms with Gasteiger partial charge < -0.3 is 15.0 Å². The molecule has 0 spiro atoms. The quantitative estimate of drug-likeness (QED) is 0.891. The summed E-state index contributed by atoms with van der Waals surface area (Å²) in [5.74, 6) is 0.875. The van der Waals surface area contributed by atoms with Crippen LogP contribution in [0.2, 0.25) is 0 Å². The van der Waals surface area contributed by atoms with Crippen LogP contribution in [0, 0.1) is 0 Å². The molecule has 2 rings (SSSR count). The number of piperidine rings is 1. The van der Waals surface area contributed by atoms with Crippen LogP contribution in [-0.4, -0.2) is 38.2 Å². The Labute approximate surface area is 124 Å². The van der Waals surface area contributed by atoms with E-state index in [1.807, 2.05) is 12.1 Å². The van der Waals surface area contributed by atoms with Crippen LogP contribution in [0.25, 0.3) is 0 Å². The number of nitrogens with zero attached hydrogens (tertiary/aromatic N) is 1. The Balaban J connectivity index is 1.82. The SMILES string of the molecule is COc1cc(NCCC2CCCCN2C)ccc1Br. The van der Waals surface area contributed by atoms with Gasteiger partial charge in [-0.05, 0) is 60.9 Å². The van der Waals surface area contributed by atoms with Gasteiger partial charge in [-0.2, -0.15) is 0 Å². The normalized spacial score (nSPS) is 20.3. The Kier molecular flexibility index (Phi) is 5.52. The average Bonchev–Trinajstić information content (AvgIpc) is 2.43. The molecule has 1 N–H and O–H groups in total. The van der Waals surface area contributed by atoms with Crippen LogP contribution < -0.4 is 10.1 Å². The molecule has 106 valence electrons. The molecule has 3 nitrogen and oxygen atoms in total. The van der Waals surface area contributed by atoms with Crippen molar-refractivity contribution >= 4 is 21.6 Å². The number of methoxy groups -OCH3 is 1. The minimum Gasteiger partial charge on any atom is -0.495 e. The minimum atomic E-state index is 0.735. The van der Waals surface area contributed by atoms with E-state index in [2.05, 4.69) is 39.3 Å². The molecule has 0 saturated carbocycles. The monoisotopic (exact) mass is 326 g/mol. The summed E-state index contributed by atoms with van der Waals surface area (Å²) in [6.45, 7) is 2.26. The zero-order valence-corrected chi connectivity index (χ0v) is 13.4. The lowest BCUT2D eigenvalue weighted by Gasteiger charge is -2.32. The van der Waals surface area contributed by atoms with Crippen LogP contribution >= 0.6 is 15.9 Å². The lowest BCUT2D eigenvalue weighted by Crippen LogP contribution is -2.37. The fourth-order valence-corrected chi connectivity index (χ4v) is 3.07. The first-order chi connectivity index (χ1) is 9.20. The lowest BCUT2D eigenvalue weighted by molar-refractivity contribution is 0.179. The summed E-state index contributed by atoms with van der Waals surface area (Å²) in [6, 6.07) is 6.87. The smallest absolute Gasteiger partial charge is 0.135 e. The van der Waals surface area contributed by atoms with E-state index in [1.165, 1.54) is 32.2 Å². The minimum absolute atomic E-state index is 0.735. The van der Waals surface area contributed by atoms with Gasteiger partial charge in [0, 0.05) is 24.3 Å². The molecule has 0 aliphatic carbocycles. The third kappa shape index (κ3) is 4.11. The van der Waals surface area contributed by atoms with E-state index in [0.29, 0.717) is 0 Å². The van der Waals surface area contributed by atoms with Crippen LogP contribution in [0.5, 0.6) is 5.75 Å². The van der Waals surface area contributed by atoms with Gasteiger partial charge in [-0.15, -0.1) is 0 Å². The Morgan fingerprint density at radius 1 is 1.42 bits per heavy atom. The lowest BCUT2D eigenvalue weighted by atomic mass is 10.0. The second kappa shape index (κ2) is 7.15. The van der Waals surface area contributed by atoms with E-state index in [1.54, 1.807) is 7.11 Å². The van der Waals surface area contributed by atoms with Crippen LogP contribution in [-0.2, 0) is 0 Å². The number of nitrogens with one attached hydrogen (secondary N) is 1. The number of rotatable bonds is 5. The van der Waals surface area contributed by atoms with Crippen molar-refractivity contribution in [3.63, 3.8) is 0 Å². The van der Waals surface area contributed by atoms with Crippen molar-refractivity contribution in [3.05, 3.63) is 22.7 Å². The predicted molar refractivity (Wildman–Crippen MR) is 84.1 cm³/mol. The molecule has 1 aliphatic rings. The van der Waals surface area contributed by atoms with E-state index in [9.17, 15) is 0 Å². The van der Waals surface area contributed by atoms with Gasteiger partial charge in [0.05, 0.1) is 11.6 Å². The third-order valence-electron chi connectivity index (χ3n) is 3.88. The molecule has 1 atom stereocenters. The molecule has 1 aromatic rings. The maximum Gasteiger partial charge on any atom is 0.135 e. The summed E-state index contributed by atoms with van der Waals surface area (Å²) in [7, 11) is 3.94. The Bertz CT molecular complexity index is 411. The van der Waals surface area contributed by atoms with E-state index < -0.39 is 0 Å². The molecule has 1 aliphatic heterocycles. The fourth-order valence-electron chi connectivity index (χ4n) is 2.66. The number of ether oxygens (including phenoxy) is 1. The molecule has 1 unspecified atom stereocenters. The maximum absolute atomic E-state index is 5.30. The van der Waals surface area contributed by atoms with Gasteiger partial charge in [0.2, 0.25) is 0 Å². The molecule has 0 radical (unpaired) electrons. The van der Waals surface area contributed by atoms with Crippen LogP contribution in [0.3, 0.4) is 0 Å². The number of benzene rings is 1. The van der Waals surface area contributed by atoms with Gasteiger partial charge in [0.15, 0.2) is 0 Å². The van der Waals surface area contributed by atoms with E-state index in [0.717, 1.165) is 28.5 Å². The molecular weight excluding hydrogens is 304 g/mol. The Hall–Kier alpha value is -0.740. The van der Waals surface area contributed by atoms with Gasteiger partial charge in [-0.1, -0.05) is 6.42 Å². The molecule has 19 heavy (non-hydrogen) atoms. The highest BCUT2D eigenvalue weighted by atomic mass is 79.9. The van der Waals surface area contributed by atoms with Gasteiger partial charge in [-0.3, -0.25) is 0 Å². The zero-order chi connectivity index (χ0) is 13.7. The summed E-state index contributed by atoms with van der Waals surface area (Å²) in [5, 5.41) is 3.49. The highest BCUT2D eigenvalue weighted by Crippen LogP contribution is 2.28. The summed E-state index contributed by atoms with van der Waals surface area (Å²) in [6.07, 6.45) is 5.27. The first-order valence-electron chi connectivity index (χ1n) is 6.98. The van der Waals surface area contributed by atoms with E-state index >= 15 is 0 Å². The second-order valence-corrected chi connectivity index (χ2v) is 6.05. The van der Waals surface area contributed by atoms with Crippen molar-refractivity contribution < 1.29 is 4.74 Å². The summed E-state index contributed by atoms with van der Waals surface area (Å²) in [4.78, 5) is 2.49. The summed E-state index contributed by atoms with van der Waals surface area (Å²) < 4.78 is 6.30. The van der Waals surface area contributed by atoms with Gasteiger partial charge >= 0.3 is 0 Å². The molecular formula is C15H23BrN2O. The largest absolute Gasteiger partial charge is 0.495 e. The average molecular weight is 327 g/mol. The van der Waals surface area contributed by atoms with E-state index in [-0.39, 0.29) is 0 Å². The molecule has 1 heterocycles. The first-order valence-corrected chi connectivity index (χ1v) is 7.77.